The van der Waals surface area contributed by atoms with E-state index in [4.69, 9.17) is 0 Å². The van der Waals surface area contributed by atoms with Gasteiger partial charge in [-0.05, 0) is 57.4 Å². The number of hydrogen-bond acceptors (Lipinski definition) is 7. The molecule has 0 unspecified atom stereocenters. The molecule has 168 valence electrons. The van der Waals surface area contributed by atoms with E-state index < -0.39 is 22.3 Å². The smallest absolute Gasteiger partial charge is 0.306 e. The van der Waals surface area contributed by atoms with Crippen LogP contribution < -0.4 is 5.32 Å². The summed E-state index contributed by atoms with van der Waals surface area (Å²) in [5.74, 6) is -1.31. The SMILES string of the molecule is C[C@H](c1nnc(SCC(=O)Nc2ccc(F)c([N+](=O)[O-])c2)n1-c1ccc(F)cc1)N(C)C. The van der Waals surface area contributed by atoms with E-state index in [1.54, 1.807) is 16.7 Å². The molecule has 0 saturated heterocycles. The Kier molecular flexibility index (Phi) is 7.15. The van der Waals surface area contributed by atoms with Crippen LogP contribution in [0.25, 0.3) is 5.69 Å². The van der Waals surface area contributed by atoms with Gasteiger partial charge in [-0.15, -0.1) is 10.2 Å². The van der Waals surface area contributed by atoms with E-state index in [0.29, 0.717) is 16.7 Å². The van der Waals surface area contributed by atoms with Gasteiger partial charge < -0.3 is 5.32 Å². The number of anilines is 1. The molecule has 0 aliphatic rings. The number of halogens is 2. The molecule has 3 rings (SSSR count). The minimum Gasteiger partial charge on any atom is -0.325 e. The number of nitro groups is 1. The van der Waals surface area contributed by atoms with E-state index in [1.807, 2.05) is 25.9 Å². The molecular weight excluding hydrogens is 442 g/mol. The highest BCUT2D eigenvalue weighted by atomic mass is 32.2. The zero-order valence-corrected chi connectivity index (χ0v) is 18.3. The summed E-state index contributed by atoms with van der Waals surface area (Å²) in [7, 11) is 3.77. The van der Waals surface area contributed by atoms with Crippen molar-refractivity contribution in [2.24, 2.45) is 0 Å². The molecule has 0 aliphatic heterocycles. The number of nitro benzene ring substituents is 1. The largest absolute Gasteiger partial charge is 0.325 e. The van der Waals surface area contributed by atoms with Gasteiger partial charge in [-0.25, -0.2) is 4.39 Å². The highest BCUT2D eigenvalue weighted by molar-refractivity contribution is 7.99. The Morgan fingerprint density at radius 2 is 1.91 bits per heavy atom. The molecule has 9 nitrogen and oxygen atoms in total. The summed E-state index contributed by atoms with van der Waals surface area (Å²) in [5, 5.41) is 22.2. The third kappa shape index (κ3) is 5.26. The van der Waals surface area contributed by atoms with E-state index >= 15 is 0 Å². The minimum absolute atomic E-state index is 0.0825. The van der Waals surface area contributed by atoms with Crippen molar-refractivity contribution in [1.29, 1.82) is 0 Å². The molecule has 0 aliphatic carbocycles. The minimum atomic E-state index is -0.989. The first kappa shape index (κ1) is 23.3. The lowest BCUT2D eigenvalue weighted by Gasteiger charge is -2.20. The van der Waals surface area contributed by atoms with Gasteiger partial charge in [0.05, 0.1) is 16.7 Å². The van der Waals surface area contributed by atoms with E-state index in [9.17, 15) is 23.7 Å². The number of carbonyl (C=O) groups is 1. The van der Waals surface area contributed by atoms with Gasteiger partial charge in [-0.2, -0.15) is 4.39 Å². The van der Waals surface area contributed by atoms with Crippen molar-refractivity contribution in [1.82, 2.24) is 19.7 Å². The third-order valence-corrected chi connectivity index (χ3v) is 5.58. The molecule has 2 aromatic carbocycles. The Morgan fingerprint density at radius 1 is 1.22 bits per heavy atom. The van der Waals surface area contributed by atoms with Crippen LogP contribution in [0.5, 0.6) is 0 Å². The van der Waals surface area contributed by atoms with Gasteiger partial charge in [0.1, 0.15) is 5.82 Å². The maximum Gasteiger partial charge on any atom is 0.306 e. The molecule has 1 N–H and O–H groups in total. The second kappa shape index (κ2) is 9.83. The number of carbonyl (C=O) groups excluding carboxylic acids is 1. The molecule has 32 heavy (non-hydrogen) atoms. The predicted molar refractivity (Wildman–Crippen MR) is 116 cm³/mol. The van der Waals surface area contributed by atoms with Crippen molar-refractivity contribution in [3.63, 3.8) is 0 Å². The Balaban J connectivity index is 1.80. The summed E-state index contributed by atoms with van der Waals surface area (Å²) in [6.45, 7) is 1.94. The average molecular weight is 462 g/mol. The molecular formula is C20H20F2N6O3S. The van der Waals surface area contributed by atoms with Crippen molar-refractivity contribution in [2.75, 3.05) is 25.2 Å². The summed E-state index contributed by atoms with van der Waals surface area (Å²) in [4.78, 5) is 24.3. The summed E-state index contributed by atoms with van der Waals surface area (Å²) >= 11 is 1.09. The van der Waals surface area contributed by atoms with Crippen molar-refractivity contribution in [3.05, 3.63) is 70.0 Å². The van der Waals surface area contributed by atoms with Gasteiger partial charge in [0.2, 0.25) is 11.7 Å². The average Bonchev–Trinajstić information content (AvgIpc) is 3.17. The van der Waals surface area contributed by atoms with Crippen molar-refractivity contribution in [2.45, 2.75) is 18.1 Å². The highest BCUT2D eigenvalue weighted by Crippen LogP contribution is 2.27. The number of nitrogens with one attached hydrogen (secondary N) is 1. The Hall–Kier alpha value is -3.38. The molecule has 12 heteroatoms. The molecule has 0 radical (unpaired) electrons. The van der Waals surface area contributed by atoms with Crippen LogP contribution in [0.3, 0.4) is 0 Å². The van der Waals surface area contributed by atoms with Gasteiger partial charge in [0.25, 0.3) is 0 Å². The summed E-state index contributed by atoms with van der Waals surface area (Å²) in [5.41, 5.74) is 0.0107. The predicted octanol–water partition coefficient (Wildman–Crippen LogP) is 3.81. The Morgan fingerprint density at radius 3 is 2.53 bits per heavy atom. The number of thioether (sulfide) groups is 1. The molecule has 0 spiro atoms. The number of hydrogen-bond donors (Lipinski definition) is 1. The fourth-order valence-electron chi connectivity index (χ4n) is 2.77. The highest BCUT2D eigenvalue weighted by Gasteiger charge is 2.22. The zero-order valence-electron chi connectivity index (χ0n) is 17.5. The van der Waals surface area contributed by atoms with Gasteiger partial charge >= 0.3 is 5.69 Å². The van der Waals surface area contributed by atoms with Crippen LogP contribution in [0.4, 0.5) is 20.2 Å². The fourth-order valence-corrected chi connectivity index (χ4v) is 3.53. The number of nitrogens with zero attached hydrogens (tertiary/aromatic N) is 5. The molecule has 0 fully saturated rings. The van der Waals surface area contributed by atoms with Crippen LogP contribution in [0.1, 0.15) is 18.8 Å². The van der Waals surface area contributed by atoms with Gasteiger partial charge in [0.15, 0.2) is 11.0 Å². The number of amides is 1. The van der Waals surface area contributed by atoms with E-state index in [0.717, 1.165) is 23.9 Å². The van der Waals surface area contributed by atoms with Crippen LogP contribution in [0, 0.1) is 21.7 Å². The molecule has 0 saturated carbocycles. The number of aromatic nitrogens is 3. The molecule has 1 heterocycles. The van der Waals surface area contributed by atoms with E-state index in [-0.39, 0.29) is 23.3 Å². The lowest BCUT2D eigenvalue weighted by atomic mass is 10.2. The van der Waals surface area contributed by atoms with E-state index in [2.05, 4.69) is 15.5 Å². The van der Waals surface area contributed by atoms with Crippen molar-refractivity contribution in [3.8, 4) is 5.69 Å². The third-order valence-electron chi connectivity index (χ3n) is 4.65. The van der Waals surface area contributed by atoms with Gasteiger partial charge in [0, 0.05) is 17.4 Å². The first-order valence-corrected chi connectivity index (χ1v) is 10.4. The second-order valence-electron chi connectivity index (χ2n) is 7.05. The van der Waals surface area contributed by atoms with Crippen LogP contribution in [0.2, 0.25) is 0 Å². The number of rotatable bonds is 8. The zero-order chi connectivity index (χ0) is 23.4. The molecule has 1 aromatic heterocycles. The maximum absolute atomic E-state index is 13.5. The fraction of sp³-hybridized carbons (Fsp3) is 0.250. The first-order valence-electron chi connectivity index (χ1n) is 9.41. The number of benzene rings is 2. The maximum atomic E-state index is 13.5. The molecule has 3 aromatic rings. The quantitative estimate of drug-likeness (QED) is 0.308. The molecule has 0 bridgehead atoms. The Bertz CT molecular complexity index is 1140. The monoisotopic (exact) mass is 462 g/mol. The molecule has 1 amide bonds. The Labute approximate surface area is 186 Å². The van der Waals surface area contributed by atoms with Gasteiger partial charge in [-0.3, -0.25) is 24.4 Å². The first-order chi connectivity index (χ1) is 15.2. The summed E-state index contributed by atoms with van der Waals surface area (Å²) in [6, 6.07) is 8.82. The summed E-state index contributed by atoms with van der Waals surface area (Å²) < 4.78 is 28.6. The molecule has 1 atom stereocenters. The normalized spacial score (nSPS) is 12.1. The van der Waals surface area contributed by atoms with Crippen LogP contribution in [-0.4, -0.2) is 50.3 Å². The van der Waals surface area contributed by atoms with Crippen molar-refractivity contribution < 1.29 is 18.5 Å². The summed E-state index contributed by atoms with van der Waals surface area (Å²) in [6.07, 6.45) is 0. The second-order valence-corrected chi connectivity index (χ2v) is 7.99. The topological polar surface area (TPSA) is 106 Å². The lowest BCUT2D eigenvalue weighted by molar-refractivity contribution is -0.387. The van der Waals surface area contributed by atoms with Crippen LogP contribution in [-0.2, 0) is 4.79 Å². The van der Waals surface area contributed by atoms with E-state index in [1.165, 1.54) is 18.2 Å². The van der Waals surface area contributed by atoms with Crippen LogP contribution >= 0.6 is 11.8 Å². The lowest BCUT2D eigenvalue weighted by Crippen LogP contribution is -2.21. The van der Waals surface area contributed by atoms with Crippen molar-refractivity contribution >= 4 is 29.0 Å². The van der Waals surface area contributed by atoms with Gasteiger partial charge in [-0.1, -0.05) is 11.8 Å². The van der Waals surface area contributed by atoms with Crippen LogP contribution in [0.15, 0.2) is 47.6 Å². The standard InChI is InChI=1S/C20H20F2N6O3S/c1-12(26(2)3)19-24-25-20(27(19)15-7-4-13(21)5-8-15)32-11-18(29)23-14-6-9-16(22)17(10-14)28(30)31/h4-10,12H,11H2,1-3H3,(H,23,29)/t12-/m1/s1.